The van der Waals surface area contributed by atoms with Crippen molar-refractivity contribution in [2.24, 2.45) is 10.4 Å². The smallest absolute Gasteiger partial charge is 0.225 e. The molecule has 140 valence electrons. The summed E-state index contributed by atoms with van der Waals surface area (Å²) in [6, 6.07) is 7.98. The maximum Gasteiger partial charge on any atom is 0.225 e. The molecule has 25 heavy (non-hydrogen) atoms. The van der Waals surface area contributed by atoms with Gasteiger partial charge in [-0.15, -0.1) is 0 Å². The molecule has 0 aliphatic carbocycles. The number of aliphatic imine (C=N–C) groups is 1. The van der Waals surface area contributed by atoms with Crippen molar-refractivity contribution < 1.29 is 9.53 Å². The zero-order valence-corrected chi connectivity index (χ0v) is 16.1. The van der Waals surface area contributed by atoms with E-state index in [0.717, 1.165) is 30.2 Å². The van der Waals surface area contributed by atoms with Gasteiger partial charge in [0.15, 0.2) is 5.96 Å². The van der Waals surface area contributed by atoms with Crippen LogP contribution in [0.5, 0.6) is 5.75 Å². The van der Waals surface area contributed by atoms with Crippen molar-refractivity contribution in [3.8, 4) is 5.75 Å². The van der Waals surface area contributed by atoms with E-state index in [0.29, 0.717) is 19.6 Å². The fraction of sp³-hybridized carbons (Fsp3) is 0.579. The molecule has 3 N–H and O–H groups in total. The molecule has 1 aromatic rings. The first-order valence-corrected chi connectivity index (χ1v) is 8.81. The Bertz CT molecular complexity index is 565. The SMILES string of the molecule is CCNC(=NCCc1ccccc1OC)NCCNC(=O)C(C)(C)C. The van der Waals surface area contributed by atoms with Gasteiger partial charge in [-0.3, -0.25) is 9.79 Å². The average Bonchev–Trinajstić information content (AvgIpc) is 2.57. The highest BCUT2D eigenvalue weighted by Gasteiger charge is 2.20. The molecular formula is C19H32N4O2. The lowest BCUT2D eigenvalue weighted by atomic mass is 9.96. The number of hydrogen-bond donors (Lipinski definition) is 3. The molecular weight excluding hydrogens is 316 g/mol. The third kappa shape index (κ3) is 7.92. The first-order chi connectivity index (χ1) is 11.9. The van der Waals surface area contributed by atoms with Gasteiger partial charge in [0.1, 0.15) is 5.75 Å². The third-order valence-electron chi connectivity index (χ3n) is 3.57. The van der Waals surface area contributed by atoms with Crippen LogP contribution in [-0.4, -0.2) is 45.2 Å². The van der Waals surface area contributed by atoms with E-state index in [-0.39, 0.29) is 11.3 Å². The summed E-state index contributed by atoms with van der Waals surface area (Å²) in [5.74, 6) is 1.69. The second-order valence-electron chi connectivity index (χ2n) is 6.76. The predicted octanol–water partition coefficient (Wildman–Crippen LogP) is 1.96. The van der Waals surface area contributed by atoms with Crippen molar-refractivity contribution in [1.82, 2.24) is 16.0 Å². The summed E-state index contributed by atoms with van der Waals surface area (Å²) < 4.78 is 5.36. The van der Waals surface area contributed by atoms with Gasteiger partial charge in [-0.25, -0.2) is 0 Å². The summed E-state index contributed by atoms with van der Waals surface area (Å²) in [6.07, 6.45) is 0.807. The zero-order chi connectivity index (χ0) is 18.7. The number of nitrogens with zero attached hydrogens (tertiary/aromatic N) is 1. The lowest BCUT2D eigenvalue weighted by Gasteiger charge is -2.18. The van der Waals surface area contributed by atoms with E-state index in [9.17, 15) is 4.79 Å². The second kappa shape index (κ2) is 10.6. The van der Waals surface area contributed by atoms with Crippen molar-refractivity contribution >= 4 is 11.9 Å². The molecule has 6 nitrogen and oxygen atoms in total. The standard InChI is InChI=1S/C19H32N4O2/c1-6-20-18(23-14-13-21-17(24)19(2,3)4)22-12-11-15-9-7-8-10-16(15)25-5/h7-10H,6,11-14H2,1-5H3,(H,21,24)(H2,20,22,23). The van der Waals surface area contributed by atoms with Crippen LogP contribution >= 0.6 is 0 Å². The Morgan fingerprint density at radius 3 is 2.44 bits per heavy atom. The number of amides is 1. The first kappa shape index (κ1) is 20.8. The number of carbonyl (C=O) groups excluding carboxylic acids is 1. The Balaban J connectivity index is 2.45. The summed E-state index contributed by atoms with van der Waals surface area (Å²) in [5, 5.41) is 9.36. The average molecular weight is 348 g/mol. The fourth-order valence-electron chi connectivity index (χ4n) is 2.16. The van der Waals surface area contributed by atoms with Crippen LogP contribution in [0.2, 0.25) is 0 Å². The Morgan fingerprint density at radius 1 is 1.12 bits per heavy atom. The summed E-state index contributed by atoms with van der Waals surface area (Å²) in [6.45, 7) is 10.4. The Morgan fingerprint density at radius 2 is 1.80 bits per heavy atom. The van der Waals surface area contributed by atoms with E-state index >= 15 is 0 Å². The first-order valence-electron chi connectivity index (χ1n) is 8.81. The van der Waals surface area contributed by atoms with E-state index in [2.05, 4.69) is 27.0 Å². The Labute approximate surface area is 151 Å². The summed E-state index contributed by atoms with van der Waals surface area (Å²) in [5.41, 5.74) is 0.773. The molecule has 6 heteroatoms. The zero-order valence-electron chi connectivity index (χ0n) is 16.1. The lowest BCUT2D eigenvalue weighted by molar-refractivity contribution is -0.128. The van der Waals surface area contributed by atoms with E-state index in [1.54, 1.807) is 7.11 Å². The van der Waals surface area contributed by atoms with Crippen molar-refractivity contribution in [3.05, 3.63) is 29.8 Å². The Hall–Kier alpha value is -2.24. The summed E-state index contributed by atoms with van der Waals surface area (Å²) >= 11 is 0. The van der Waals surface area contributed by atoms with Gasteiger partial charge >= 0.3 is 0 Å². The number of rotatable bonds is 8. The number of nitrogens with one attached hydrogen (secondary N) is 3. The highest BCUT2D eigenvalue weighted by atomic mass is 16.5. The molecule has 0 saturated heterocycles. The van der Waals surface area contributed by atoms with Crippen LogP contribution in [0.15, 0.2) is 29.3 Å². The van der Waals surface area contributed by atoms with Crippen LogP contribution in [0.25, 0.3) is 0 Å². The number of para-hydroxylation sites is 1. The van der Waals surface area contributed by atoms with Crippen LogP contribution in [0.3, 0.4) is 0 Å². The number of carbonyl (C=O) groups is 1. The number of benzene rings is 1. The van der Waals surface area contributed by atoms with Gasteiger partial charge in [0.25, 0.3) is 0 Å². The quantitative estimate of drug-likeness (QED) is 0.381. The van der Waals surface area contributed by atoms with Gasteiger partial charge in [-0.1, -0.05) is 39.0 Å². The molecule has 0 atom stereocenters. The molecule has 0 bridgehead atoms. The minimum Gasteiger partial charge on any atom is -0.496 e. The number of hydrogen-bond acceptors (Lipinski definition) is 3. The molecule has 0 aliphatic heterocycles. The molecule has 0 radical (unpaired) electrons. The molecule has 0 aromatic heterocycles. The molecule has 0 fully saturated rings. The molecule has 0 heterocycles. The highest BCUT2D eigenvalue weighted by Crippen LogP contribution is 2.17. The van der Waals surface area contributed by atoms with Gasteiger partial charge in [0.2, 0.25) is 5.91 Å². The van der Waals surface area contributed by atoms with Crippen LogP contribution < -0.4 is 20.7 Å². The monoisotopic (exact) mass is 348 g/mol. The van der Waals surface area contributed by atoms with Gasteiger partial charge in [0.05, 0.1) is 7.11 Å². The van der Waals surface area contributed by atoms with Gasteiger partial charge in [0, 0.05) is 31.6 Å². The lowest BCUT2D eigenvalue weighted by Crippen LogP contribution is -2.43. The van der Waals surface area contributed by atoms with Crippen LogP contribution in [0, 0.1) is 5.41 Å². The van der Waals surface area contributed by atoms with Crippen molar-refractivity contribution in [2.75, 3.05) is 33.3 Å². The number of ether oxygens (including phenoxy) is 1. The van der Waals surface area contributed by atoms with E-state index in [4.69, 9.17) is 4.74 Å². The number of methoxy groups -OCH3 is 1. The maximum absolute atomic E-state index is 11.8. The fourth-order valence-corrected chi connectivity index (χ4v) is 2.16. The van der Waals surface area contributed by atoms with Crippen molar-refractivity contribution in [1.29, 1.82) is 0 Å². The topological polar surface area (TPSA) is 74.8 Å². The molecule has 0 spiro atoms. The molecule has 0 aliphatic rings. The van der Waals surface area contributed by atoms with Crippen molar-refractivity contribution in [3.63, 3.8) is 0 Å². The summed E-state index contributed by atoms with van der Waals surface area (Å²) in [4.78, 5) is 16.4. The highest BCUT2D eigenvalue weighted by molar-refractivity contribution is 5.81. The van der Waals surface area contributed by atoms with E-state index in [1.807, 2.05) is 45.9 Å². The van der Waals surface area contributed by atoms with Gasteiger partial charge in [-0.05, 0) is 25.0 Å². The molecule has 0 unspecified atom stereocenters. The van der Waals surface area contributed by atoms with Crippen LogP contribution in [0.4, 0.5) is 0 Å². The van der Waals surface area contributed by atoms with Gasteiger partial charge in [-0.2, -0.15) is 0 Å². The van der Waals surface area contributed by atoms with Gasteiger partial charge < -0.3 is 20.7 Å². The molecule has 1 rings (SSSR count). The minimum absolute atomic E-state index is 0.0485. The van der Waals surface area contributed by atoms with Crippen LogP contribution in [0.1, 0.15) is 33.3 Å². The molecule has 1 aromatic carbocycles. The molecule has 0 saturated carbocycles. The second-order valence-corrected chi connectivity index (χ2v) is 6.76. The van der Waals surface area contributed by atoms with E-state index < -0.39 is 0 Å². The Kier molecular flexibility index (Phi) is 8.81. The van der Waals surface area contributed by atoms with Crippen LogP contribution in [-0.2, 0) is 11.2 Å². The van der Waals surface area contributed by atoms with E-state index in [1.165, 1.54) is 0 Å². The molecule has 1 amide bonds. The summed E-state index contributed by atoms with van der Waals surface area (Å²) in [7, 11) is 1.68. The van der Waals surface area contributed by atoms with Crippen molar-refractivity contribution in [2.45, 2.75) is 34.1 Å². The largest absolute Gasteiger partial charge is 0.496 e. The maximum atomic E-state index is 11.8. The normalized spacial score (nSPS) is 11.8. The predicted molar refractivity (Wildman–Crippen MR) is 103 cm³/mol. The number of guanidine groups is 1. The minimum atomic E-state index is -0.368. The third-order valence-corrected chi connectivity index (χ3v) is 3.57.